The number of Topliss-reactive ketones (excluding diaryl/α,β-unsaturated/α-hetero) is 1. The molecule has 1 aromatic carbocycles. The molecular formula is C14H14FNO2. The van der Waals surface area contributed by atoms with Gasteiger partial charge in [-0.2, -0.15) is 5.26 Å². The van der Waals surface area contributed by atoms with E-state index in [2.05, 4.69) is 0 Å². The molecule has 3 nitrogen and oxygen atoms in total. The fourth-order valence-corrected chi connectivity index (χ4v) is 2.17. The van der Waals surface area contributed by atoms with Gasteiger partial charge in [0.1, 0.15) is 11.7 Å². The fraction of sp³-hybridized carbons (Fsp3) is 0.429. The predicted octanol–water partition coefficient (Wildman–Crippen LogP) is 2.57. The number of hydrogen-bond donors (Lipinski definition) is 0. The van der Waals surface area contributed by atoms with Crippen LogP contribution in [-0.4, -0.2) is 18.5 Å². The van der Waals surface area contributed by atoms with Crippen molar-refractivity contribution >= 4 is 5.78 Å². The molecule has 1 heterocycles. The maximum atomic E-state index is 13.1. The smallest absolute Gasteiger partial charge is 0.157 e. The van der Waals surface area contributed by atoms with E-state index < -0.39 is 11.7 Å². The Hall–Kier alpha value is -1.73. The zero-order valence-corrected chi connectivity index (χ0v) is 9.93. The van der Waals surface area contributed by atoms with Gasteiger partial charge in [-0.1, -0.05) is 12.1 Å². The zero-order chi connectivity index (χ0) is 13.0. The van der Waals surface area contributed by atoms with Gasteiger partial charge >= 0.3 is 0 Å². The summed E-state index contributed by atoms with van der Waals surface area (Å²) in [5, 5.41) is 9.08. The van der Waals surface area contributed by atoms with E-state index in [1.165, 1.54) is 18.2 Å². The van der Waals surface area contributed by atoms with Gasteiger partial charge in [-0.25, -0.2) is 4.39 Å². The lowest BCUT2D eigenvalue weighted by Gasteiger charge is -2.12. The third-order valence-electron chi connectivity index (χ3n) is 3.09. The molecule has 0 spiro atoms. The van der Waals surface area contributed by atoms with Crippen molar-refractivity contribution in [1.29, 1.82) is 5.26 Å². The number of nitrogens with zero attached hydrogens (tertiary/aromatic N) is 1. The van der Waals surface area contributed by atoms with Gasteiger partial charge in [-0.15, -0.1) is 0 Å². The molecule has 4 heteroatoms. The Morgan fingerprint density at radius 2 is 2.44 bits per heavy atom. The van der Waals surface area contributed by atoms with Crippen LogP contribution < -0.4 is 0 Å². The van der Waals surface area contributed by atoms with Crippen LogP contribution in [0.1, 0.15) is 30.7 Å². The summed E-state index contributed by atoms with van der Waals surface area (Å²) < 4.78 is 18.5. The molecule has 1 aliphatic heterocycles. The monoisotopic (exact) mass is 247 g/mol. The van der Waals surface area contributed by atoms with Gasteiger partial charge in [0, 0.05) is 13.0 Å². The number of ether oxygens (including phenoxy) is 1. The lowest BCUT2D eigenvalue weighted by molar-refractivity contribution is -0.121. The highest BCUT2D eigenvalue weighted by atomic mass is 19.1. The molecule has 1 saturated heterocycles. The summed E-state index contributed by atoms with van der Waals surface area (Å²) >= 11 is 0. The molecule has 0 aliphatic carbocycles. The Morgan fingerprint density at radius 1 is 1.61 bits per heavy atom. The number of rotatable bonds is 4. The molecule has 1 aromatic rings. The second kappa shape index (κ2) is 5.74. The second-order valence-corrected chi connectivity index (χ2v) is 4.42. The first-order valence-electron chi connectivity index (χ1n) is 6.00. The van der Waals surface area contributed by atoms with E-state index in [-0.39, 0.29) is 18.3 Å². The minimum Gasteiger partial charge on any atom is -0.378 e. The summed E-state index contributed by atoms with van der Waals surface area (Å²) in [5.41, 5.74) is 0.417. The Kier molecular flexibility index (Phi) is 4.06. The van der Waals surface area contributed by atoms with Gasteiger partial charge < -0.3 is 4.74 Å². The highest BCUT2D eigenvalue weighted by molar-refractivity contribution is 5.88. The summed E-state index contributed by atoms with van der Waals surface area (Å²) in [5.74, 6) is -1.53. The highest BCUT2D eigenvalue weighted by Crippen LogP contribution is 2.23. The van der Waals surface area contributed by atoms with Crippen LogP contribution in [0, 0.1) is 17.1 Å². The van der Waals surface area contributed by atoms with Crippen molar-refractivity contribution in [3.63, 3.8) is 0 Å². The van der Waals surface area contributed by atoms with E-state index in [9.17, 15) is 9.18 Å². The predicted molar refractivity (Wildman–Crippen MR) is 63.4 cm³/mol. The zero-order valence-electron chi connectivity index (χ0n) is 9.93. The van der Waals surface area contributed by atoms with Gasteiger partial charge in [0.2, 0.25) is 0 Å². The van der Waals surface area contributed by atoms with Crippen molar-refractivity contribution in [2.75, 3.05) is 6.61 Å². The van der Waals surface area contributed by atoms with E-state index in [4.69, 9.17) is 10.00 Å². The van der Waals surface area contributed by atoms with E-state index in [1.807, 2.05) is 6.07 Å². The number of carbonyl (C=O) groups is 1. The van der Waals surface area contributed by atoms with Crippen LogP contribution in [-0.2, 0) is 9.53 Å². The van der Waals surface area contributed by atoms with Crippen molar-refractivity contribution in [3.8, 4) is 6.07 Å². The minimum atomic E-state index is -0.898. The SMILES string of the molecule is N#CC(C(=O)CC1CCCO1)c1cccc(F)c1. The van der Waals surface area contributed by atoms with E-state index in [0.29, 0.717) is 12.2 Å². The third-order valence-corrected chi connectivity index (χ3v) is 3.09. The summed E-state index contributed by atoms with van der Waals surface area (Å²) in [7, 11) is 0. The van der Waals surface area contributed by atoms with E-state index >= 15 is 0 Å². The molecule has 2 unspecified atom stereocenters. The van der Waals surface area contributed by atoms with Crippen LogP contribution in [0.3, 0.4) is 0 Å². The molecule has 0 bridgehead atoms. The summed E-state index contributed by atoms with van der Waals surface area (Å²) in [6, 6.07) is 7.59. The van der Waals surface area contributed by atoms with Crippen molar-refractivity contribution in [2.45, 2.75) is 31.3 Å². The molecule has 1 fully saturated rings. The average molecular weight is 247 g/mol. The maximum absolute atomic E-state index is 13.1. The molecule has 94 valence electrons. The van der Waals surface area contributed by atoms with Crippen molar-refractivity contribution < 1.29 is 13.9 Å². The molecule has 0 aromatic heterocycles. The molecule has 2 rings (SSSR count). The molecule has 0 radical (unpaired) electrons. The van der Waals surface area contributed by atoms with Gasteiger partial charge in [-0.3, -0.25) is 4.79 Å². The maximum Gasteiger partial charge on any atom is 0.157 e. The topological polar surface area (TPSA) is 50.1 Å². The van der Waals surface area contributed by atoms with Crippen LogP contribution in [0.5, 0.6) is 0 Å². The van der Waals surface area contributed by atoms with Crippen LogP contribution in [0.25, 0.3) is 0 Å². The van der Waals surface area contributed by atoms with Gasteiger partial charge in [0.25, 0.3) is 0 Å². The molecule has 0 amide bonds. The Balaban J connectivity index is 2.08. The fourth-order valence-electron chi connectivity index (χ4n) is 2.17. The largest absolute Gasteiger partial charge is 0.378 e. The number of benzene rings is 1. The molecule has 18 heavy (non-hydrogen) atoms. The van der Waals surface area contributed by atoms with E-state index in [1.54, 1.807) is 6.07 Å². The van der Waals surface area contributed by atoms with Gasteiger partial charge in [0.05, 0.1) is 12.2 Å². The number of nitriles is 1. The summed E-state index contributed by atoms with van der Waals surface area (Å²) in [6.07, 6.45) is 1.96. The Labute approximate surface area is 105 Å². The van der Waals surface area contributed by atoms with Gasteiger partial charge in [0.15, 0.2) is 5.78 Å². The van der Waals surface area contributed by atoms with Crippen LogP contribution in [0.15, 0.2) is 24.3 Å². The molecule has 0 saturated carbocycles. The minimum absolute atomic E-state index is 0.0816. The second-order valence-electron chi connectivity index (χ2n) is 4.42. The first kappa shape index (κ1) is 12.7. The van der Waals surface area contributed by atoms with Crippen molar-refractivity contribution in [1.82, 2.24) is 0 Å². The van der Waals surface area contributed by atoms with E-state index in [0.717, 1.165) is 12.8 Å². The first-order chi connectivity index (χ1) is 8.70. The lowest BCUT2D eigenvalue weighted by atomic mass is 9.92. The van der Waals surface area contributed by atoms with Crippen molar-refractivity contribution in [2.24, 2.45) is 0 Å². The number of ketones is 1. The molecule has 2 atom stereocenters. The molecular weight excluding hydrogens is 233 g/mol. The lowest BCUT2D eigenvalue weighted by Crippen LogP contribution is -2.18. The quantitative estimate of drug-likeness (QED) is 0.821. The Bertz CT molecular complexity index is 475. The number of carbonyl (C=O) groups excluding carboxylic acids is 1. The summed E-state index contributed by atoms with van der Waals surface area (Å²) in [6.45, 7) is 0.676. The van der Waals surface area contributed by atoms with Crippen LogP contribution in [0.4, 0.5) is 4.39 Å². The van der Waals surface area contributed by atoms with Crippen LogP contribution in [0.2, 0.25) is 0 Å². The highest BCUT2D eigenvalue weighted by Gasteiger charge is 2.26. The number of hydrogen-bond acceptors (Lipinski definition) is 3. The first-order valence-corrected chi connectivity index (χ1v) is 6.00. The molecule has 0 N–H and O–H groups in total. The summed E-state index contributed by atoms with van der Waals surface area (Å²) in [4.78, 5) is 12.0. The normalized spacial score (nSPS) is 20.3. The van der Waals surface area contributed by atoms with Gasteiger partial charge in [-0.05, 0) is 30.5 Å². The number of halogens is 1. The van der Waals surface area contributed by atoms with Crippen molar-refractivity contribution in [3.05, 3.63) is 35.6 Å². The standard InChI is InChI=1S/C14H14FNO2/c15-11-4-1-3-10(7-11)13(9-16)14(17)8-12-5-2-6-18-12/h1,3-4,7,12-13H,2,5-6,8H2. The Morgan fingerprint density at radius 3 is 3.06 bits per heavy atom. The third kappa shape index (κ3) is 2.93. The average Bonchev–Trinajstić information content (AvgIpc) is 2.83. The van der Waals surface area contributed by atoms with Crippen LogP contribution >= 0.6 is 0 Å². The molecule has 1 aliphatic rings.